The molecule has 0 saturated heterocycles. The third-order valence-electron chi connectivity index (χ3n) is 7.07. The number of alkyl halides is 3. The molecule has 0 radical (unpaired) electrons. The molecule has 3 aromatic rings. The number of nitrogens with zero attached hydrogens (tertiary/aromatic N) is 5. The van der Waals surface area contributed by atoms with Crippen LogP contribution in [-0.4, -0.2) is 49.6 Å². The fraction of sp³-hybridized carbons (Fsp3) is 0.520. The first-order chi connectivity index (χ1) is 17.3. The molecular weight excluding hydrogens is 473 g/mol. The van der Waals surface area contributed by atoms with Crippen molar-refractivity contribution in [2.45, 2.75) is 70.9 Å². The number of carbonyl (C=O) groups excluding carboxylic acids is 1. The summed E-state index contributed by atoms with van der Waals surface area (Å²) < 4.78 is 48.3. The Balaban J connectivity index is 1.25. The smallest absolute Gasteiger partial charge is 0.380 e. The van der Waals surface area contributed by atoms with Gasteiger partial charge < -0.3 is 14.6 Å². The van der Waals surface area contributed by atoms with Crippen LogP contribution in [-0.2, 0) is 43.6 Å². The maximum absolute atomic E-state index is 13.1. The third-order valence-corrected chi connectivity index (χ3v) is 7.07. The Morgan fingerprint density at radius 1 is 1.17 bits per heavy atom. The average Bonchev–Trinajstić information content (AvgIpc) is 3.47. The van der Waals surface area contributed by atoms with Gasteiger partial charge >= 0.3 is 6.18 Å². The van der Waals surface area contributed by atoms with Gasteiger partial charge in [-0.25, -0.2) is 14.6 Å². The number of aromatic nitrogens is 5. The Morgan fingerprint density at radius 2 is 1.94 bits per heavy atom. The Morgan fingerprint density at radius 3 is 2.64 bits per heavy atom. The zero-order chi connectivity index (χ0) is 25.4. The number of rotatable bonds is 6. The Labute approximate surface area is 206 Å². The topological polar surface area (TPSA) is 86.9 Å². The van der Waals surface area contributed by atoms with Crippen molar-refractivity contribution < 1.29 is 22.7 Å². The van der Waals surface area contributed by atoms with Gasteiger partial charge in [0.25, 0.3) is 5.91 Å². The highest BCUT2D eigenvalue weighted by atomic mass is 19.4. The highest BCUT2D eigenvalue weighted by molar-refractivity contribution is 5.94. The number of aryl methyl sites for hydroxylation is 3. The van der Waals surface area contributed by atoms with Gasteiger partial charge in [-0.1, -0.05) is 31.2 Å². The van der Waals surface area contributed by atoms with Gasteiger partial charge in [0.15, 0.2) is 5.82 Å². The molecule has 0 bridgehead atoms. The molecule has 2 aliphatic rings. The zero-order valence-corrected chi connectivity index (χ0v) is 20.3. The molecule has 2 atom stereocenters. The van der Waals surface area contributed by atoms with Gasteiger partial charge in [-0.15, -0.1) is 0 Å². The van der Waals surface area contributed by atoms with E-state index in [1.54, 1.807) is 11.8 Å². The molecule has 0 aliphatic carbocycles. The second-order valence-electron chi connectivity index (χ2n) is 9.37. The summed E-state index contributed by atoms with van der Waals surface area (Å²) in [7, 11) is 1.68. The summed E-state index contributed by atoms with van der Waals surface area (Å²) >= 11 is 0. The minimum absolute atomic E-state index is 0.0181. The van der Waals surface area contributed by atoms with Crippen LogP contribution >= 0.6 is 0 Å². The second kappa shape index (κ2) is 9.68. The number of carbonyl (C=O) groups is 1. The minimum Gasteiger partial charge on any atom is -0.380 e. The highest BCUT2D eigenvalue weighted by Gasteiger charge is 2.42. The second-order valence-corrected chi connectivity index (χ2v) is 9.37. The summed E-state index contributed by atoms with van der Waals surface area (Å²) in [6.45, 7) is 3.14. The zero-order valence-electron chi connectivity index (χ0n) is 20.3. The van der Waals surface area contributed by atoms with Crippen LogP contribution in [0.25, 0.3) is 11.4 Å². The molecule has 192 valence electrons. The maximum atomic E-state index is 13.1. The van der Waals surface area contributed by atoms with Gasteiger partial charge in [0.1, 0.15) is 17.3 Å². The van der Waals surface area contributed by atoms with Crippen LogP contribution in [0.2, 0.25) is 0 Å². The van der Waals surface area contributed by atoms with E-state index in [0.29, 0.717) is 36.9 Å². The summed E-state index contributed by atoms with van der Waals surface area (Å²) in [6, 6.07) is 7.38. The number of hydrogen-bond acceptors (Lipinski definition) is 5. The van der Waals surface area contributed by atoms with Crippen molar-refractivity contribution in [3.8, 4) is 11.4 Å². The molecule has 5 rings (SSSR count). The van der Waals surface area contributed by atoms with Crippen LogP contribution in [0.3, 0.4) is 0 Å². The van der Waals surface area contributed by atoms with Crippen LogP contribution in [0.1, 0.15) is 53.2 Å². The number of ether oxygens (including phenoxy) is 1. The SMILES string of the molecule is CCc1nc2n(c1C(=O)NCc1ccc(-c3nc4n(n3)CC[C@@H](C(F)(F)F)C4)cc1)C[C@H](OC)CC2. The van der Waals surface area contributed by atoms with E-state index >= 15 is 0 Å². The average molecular weight is 503 g/mol. The van der Waals surface area contributed by atoms with E-state index in [4.69, 9.17) is 4.74 Å². The fourth-order valence-electron chi connectivity index (χ4n) is 4.96. The van der Waals surface area contributed by atoms with Crippen molar-refractivity contribution in [2.24, 2.45) is 5.92 Å². The fourth-order valence-corrected chi connectivity index (χ4v) is 4.96. The predicted molar refractivity (Wildman–Crippen MR) is 125 cm³/mol. The first-order valence-corrected chi connectivity index (χ1v) is 12.3. The number of amides is 1. The van der Waals surface area contributed by atoms with Crippen LogP contribution in [0.4, 0.5) is 13.2 Å². The van der Waals surface area contributed by atoms with E-state index in [9.17, 15) is 18.0 Å². The lowest BCUT2D eigenvalue weighted by Crippen LogP contribution is -2.32. The number of methoxy groups -OCH3 is 1. The summed E-state index contributed by atoms with van der Waals surface area (Å²) in [5.41, 5.74) is 2.99. The molecule has 0 fully saturated rings. The number of imidazole rings is 1. The Bertz CT molecular complexity index is 1250. The van der Waals surface area contributed by atoms with Gasteiger partial charge in [0.05, 0.1) is 24.3 Å². The first kappa shape index (κ1) is 24.5. The summed E-state index contributed by atoms with van der Waals surface area (Å²) in [6.07, 6.45) is -1.95. The van der Waals surface area contributed by atoms with E-state index in [0.717, 1.165) is 35.5 Å². The van der Waals surface area contributed by atoms with Crippen LogP contribution in [0.5, 0.6) is 0 Å². The standard InChI is InChI=1S/C25H29F3N6O2/c1-3-19-22(33-14-18(36-2)8-9-20(33)30-19)24(35)29-13-15-4-6-16(7-5-15)23-31-21-12-17(25(26,27)28)10-11-34(21)32-23/h4-7,17-18H,3,8-14H2,1-2H3,(H,29,35)/t17-,18-/m1/s1. The van der Waals surface area contributed by atoms with Gasteiger partial charge in [0.2, 0.25) is 0 Å². The van der Waals surface area contributed by atoms with Crippen molar-refractivity contribution in [3.63, 3.8) is 0 Å². The minimum atomic E-state index is -4.22. The van der Waals surface area contributed by atoms with Gasteiger partial charge in [-0.2, -0.15) is 18.3 Å². The highest BCUT2D eigenvalue weighted by Crippen LogP contribution is 2.35. The van der Waals surface area contributed by atoms with Crippen molar-refractivity contribution in [3.05, 3.63) is 52.9 Å². The molecule has 0 unspecified atom stereocenters. The van der Waals surface area contributed by atoms with Crippen molar-refractivity contribution in [2.75, 3.05) is 7.11 Å². The lowest BCUT2D eigenvalue weighted by molar-refractivity contribution is -0.179. The lowest BCUT2D eigenvalue weighted by atomic mass is 9.98. The molecule has 1 amide bonds. The molecule has 0 spiro atoms. The van der Waals surface area contributed by atoms with Gasteiger partial charge in [-0.3, -0.25) is 4.79 Å². The third kappa shape index (κ3) is 4.76. The quantitative estimate of drug-likeness (QED) is 0.555. The summed E-state index contributed by atoms with van der Waals surface area (Å²) in [4.78, 5) is 22.1. The van der Waals surface area contributed by atoms with Crippen molar-refractivity contribution >= 4 is 5.91 Å². The van der Waals surface area contributed by atoms with Crippen molar-refractivity contribution in [1.29, 1.82) is 0 Å². The van der Waals surface area contributed by atoms with E-state index < -0.39 is 12.1 Å². The molecule has 1 N–H and O–H groups in total. The van der Waals surface area contributed by atoms with Crippen molar-refractivity contribution in [1.82, 2.24) is 29.6 Å². The van der Waals surface area contributed by atoms with E-state index in [2.05, 4.69) is 20.4 Å². The molecule has 4 heterocycles. The number of halogens is 3. The molecular formula is C25H29F3N6O2. The Kier molecular flexibility index (Phi) is 6.59. The number of fused-ring (bicyclic) bond motifs is 2. The van der Waals surface area contributed by atoms with Crippen LogP contribution in [0, 0.1) is 5.92 Å². The summed E-state index contributed by atoms with van der Waals surface area (Å²) in [5.74, 6) is 0.152. The molecule has 8 nitrogen and oxygen atoms in total. The lowest BCUT2D eigenvalue weighted by Gasteiger charge is -2.24. The maximum Gasteiger partial charge on any atom is 0.392 e. The first-order valence-electron chi connectivity index (χ1n) is 12.3. The molecule has 36 heavy (non-hydrogen) atoms. The van der Waals surface area contributed by atoms with E-state index in [1.165, 1.54) is 0 Å². The number of nitrogens with one attached hydrogen (secondary N) is 1. The predicted octanol–water partition coefficient (Wildman–Crippen LogP) is 3.72. The van der Waals surface area contributed by atoms with E-state index in [-0.39, 0.29) is 31.4 Å². The van der Waals surface area contributed by atoms with E-state index in [1.807, 2.05) is 35.8 Å². The van der Waals surface area contributed by atoms with Gasteiger partial charge in [-0.05, 0) is 24.8 Å². The van der Waals surface area contributed by atoms with Crippen LogP contribution < -0.4 is 5.32 Å². The molecule has 2 aliphatic heterocycles. The largest absolute Gasteiger partial charge is 0.392 e. The molecule has 2 aromatic heterocycles. The summed E-state index contributed by atoms with van der Waals surface area (Å²) in [5, 5.41) is 7.39. The number of benzene rings is 1. The normalized spacial score (nSPS) is 19.6. The van der Waals surface area contributed by atoms with Gasteiger partial charge in [0, 0.05) is 38.6 Å². The monoisotopic (exact) mass is 502 g/mol. The molecule has 11 heteroatoms. The number of hydrogen-bond donors (Lipinski definition) is 1. The molecule has 0 saturated carbocycles. The molecule has 1 aromatic carbocycles. The van der Waals surface area contributed by atoms with Crippen LogP contribution in [0.15, 0.2) is 24.3 Å². The Hall–Kier alpha value is -3.21.